The van der Waals surface area contributed by atoms with Crippen molar-refractivity contribution < 1.29 is 4.74 Å². The largest absolute Gasteiger partial charge is 0.380 e. The van der Waals surface area contributed by atoms with Crippen molar-refractivity contribution in [2.45, 2.75) is 44.7 Å². The van der Waals surface area contributed by atoms with Crippen LogP contribution in [0.5, 0.6) is 0 Å². The predicted molar refractivity (Wildman–Crippen MR) is 69.1 cm³/mol. The molecule has 98 valence electrons. The van der Waals surface area contributed by atoms with Crippen molar-refractivity contribution in [1.82, 2.24) is 10.2 Å². The van der Waals surface area contributed by atoms with Crippen LogP contribution in [0, 0.1) is 11.8 Å². The maximum atomic E-state index is 5.53. The molecular formula is C14H26N2O. The van der Waals surface area contributed by atoms with Crippen LogP contribution in [0.2, 0.25) is 0 Å². The molecule has 0 spiro atoms. The maximum Gasteiger partial charge on any atom is 0.0593 e. The van der Waals surface area contributed by atoms with Gasteiger partial charge in [0.2, 0.25) is 0 Å². The first-order valence-corrected chi connectivity index (χ1v) is 7.43. The maximum absolute atomic E-state index is 5.53. The monoisotopic (exact) mass is 238 g/mol. The van der Waals surface area contributed by atoms with E-state index < -0.39 is 0 Å². The third kappa shape index (κ3) is 3.01. The van der Waals surface area contributed by atoms with Crippen molar-refractivity contribution >= 4 is 0 Å². The van der Waals surface area contributed by atoms with Gasteiger partial charge in [-0.25, -0.2) is 0 Å². The molecule has 2 unspecified atom stereocenters. The van der Waals surface area contributed by atoms with E-state index in [-0.39, 0.29) is 0 Å². The summed E-state index contributed by atoms with van der Waals surface area (Å²) in [5.74, 6) is 1.95. The smallest absolute Gasteiger partial charge is 0.0593 e. The van der Waals surface area contributed by atoms with Gasteiger partial charge in [0.25, 0.3) is 0 Å². The number of hydrogen-bond donors (Lipinski definition) is 1. The molecule has 2 atom stereocenters. The minimum absolute atomic E-state index is 0.770. The zero-order chi connectivity index (χ0) is 11.7. The molecule has 0 aromatic heterocycles. The zero-order valence-corrected chi connectivity index (χ0v) is 11.0. The SMILES string of the molecule is CCOCCN1CC(C2CC2)NCC1C1CC1. The Morgan fingerprint density at radius 1 is 1.18 bits per heavy atom. The molecule has 3 heteroatoms. The second-order valence-corrected chi connectivity index (χ2v) is 5.95. The summed E-state index contributed by atoms with van der Waals surface area (Å²) in [4.78, 5) is 2.72. The van der Waals surface area contributed by atoms with E-state index in [1.165, 1.54) is 38.8 Å². The number of nitrogens with one attached hydrogen (secondary N) is 1. The van der Waals surface area contributed by atoms with Crippen LogP contribution < -0.4 is 5.32 Å². The average molecular weight is 238 g/mol. The molecule has 0 bridgehead atoms. The van der Waals surface area contributed by atoms with Gasteiger partial charge >= 0.3 is 0 Å². The van der Waals surface area contributed by atoms with Crippen LogP contribution >= 0.6 is 0 Å². The van der Waals surface area contributed by atoms with Gasteiger partial charge in [0.1, 0.15) is 0 Å². The molecule has 3 rings (SSSR count). The van der Waals surface area contributed by atoms with Gasteiger partial charge in [0.05, 0.1) is 6.61 Å². The summed E-state index contributed by atoms with van der Waals surface area (Å²) >= 11 is 0. The van der Waals surface area contributed by atoms with Crippen molar-refractivity contribution in [3.05, 3.63) is 0 Å². The second kappa shape index (κ2) is 5.25. The standard InChI is InChI=1S/C14H26N2O/c1-2-17-8-7-16-10-13(11-3-4-11)15-9-14(16)12-5-6-12/h11-15H,2-10H2,1H3. The van der Waals surface area contributed by atoms with E-state index >= 15 is 0 Å². The van der Waals surface area contributed by atoms with E-state index in [1.54, 1.807) is 0 Å². The van der Waals surface area contributed by atoms with Crippen LogP contribution in [-0.4, -0.2) is 49.8 Å². The van der Waals surface area contributed by atoms with Gasteiger partial charge < -0.3 is 10.1 Å². The summed E-state index contributed by atoms with van der Waals surface area (Å²) in [5, 5.41) is 3.79. The first-order chi connectivity index (χ1) is 8.38. The molecule has 3 nitrogen and oxygen atoms in total. The lowest BCUT2D eigenvalue weighted by Crippen LogP contribution is -2.58. The van der Waals surface area contributed by atoms with E-state index in [0.29, 0.717) is 0 Å². The van der Waals surface area contributed by atoms with Crippen LogP contribution in [0.4, 0.5) is 0 Å². The van der Waals surface area contributed by atoms with Crippen LogP contribution in [0.15, 0.2) is 0 Å². The Kier molecular flexibility index (Phi) is 3.69. The van der Waals surface area contributed by atoms with Crippen LogP contribution in [0.3, 0.4) is 0 Å². The van der Waals surface area contributed by atoms with Gasteiger partial charge in [-0.05, 0) is 44.4 Å². The van der Waals surface area contributed by atoms with Crippen molar-refractivity contribution in [3.63, 3.8) is 0 Å². The molecular weight excluding hydrogens is 212 g/mol. The highest BCUT2D eigenvalue weighted by molar-refractivity contribution is 4.98. The summed E-state index contributed by atoms with van der Waals surface area (Å²) in [6, 6.07) is 1.57. The Labute approximate surface area is 105 Å². The van der Waals surface area contributed by atoms with Crippen molar-refractivity contribution in [2.24, 2.45) is 11.8 Å². The number of piperazine rings is 1. The lowest BCUT2D eigenvalue weighted by atomic mass is 10.0. The first-order valence-electron chi connectivity index (χ1n) is 7.43. The Hall–Kier alpha value is -0.120. The normalized spacial score (nSPS) is 35.1. The molecule has 3 aliphatic rings. The minimum atomic E-state index is 0.770. The fraction of sp³-hybridized carbons (Fsp3) is 1.00. The topological polar surface area (TPSA) is 24.5 Å². The third-order valence-electron chi connectivity index (χ3n) is 4.57. The van der Waals surface area contributed by atoms with Gasteiger partial charge in [-0.3, -0.25) is 4.90 Å². The quantitative estimate of drug-likeness (QED) is 0.710. The molecule has 1 saturated heterocycles. The van der Waals surface area contributed by atoms with Gasteiger partial charge in [0.15, 0.2) is 0 Å². The Bertz CT molecular complexity index is 251. The zero-order valence-electron chi connectivity index (χ0n) is 11.0. The van der Waals surface area contributed by atoms with Gasteiger partial charge in [-0.2, -0.15) is 0 Å². The number of nitrogens with zero attached hydrogens (tertiary/aromatic N) is 1. The van der Waals surface area contributed by atoms with Gasteiger partial charge in [-0.15, -0.1) is 0 Å². The fourth-order valence-electron chi connectivity index (χ4n) is 3.20. The fourth-order valence-corrected chi connectivity index (χ4v) is 3.20. The predicted octanol–water partition coefficient (Wildman–Crippen LogP) is 1.49. The number of rotatable bonds is 6. The molecule has 1 heterocycles. The molecule has 0 radical (unpaired) electrons. The Morgan fingerprint density at radius 2 is 1.94 bits per heavy atom. The minimum Gasteiger partial charge on any atom is -0.380 e. The van der Waals surface area contributed by atoms with E-state index in [4.69, 9.17) is 4.74 Å². The molecule has 0 aromatic rings. The van der Waals surface area contributed by atoms with Gasteiger partial charge in [-0.1, -0.05) is 0 Å². The van der Waals surface area contributed by atoms with E-state index in [2.05, 4.69) is 17.1 Å². The number of ether oxygens (including phenoxy) is 1. The van der Waals surface area contributed by atoms with Crippen LogP contribution in [-0.2, 0) is 4.74 Å². The third-order valence-corrected chi connectivity index (χ3v) is 4.57. The first kappa shape index (κ1) is 11.9. The van der Waals surface area contributed by atoms with E-state index in [0.717, 1.165) is 43.7 Å². The lowest BCUT2D eigenvalue weighted by molar-refractivity contribution is 0.0595. The Balaban J connectivity index is 1.52. The summed E-state index contributed by atoms with van der Waals surface area (Å²) in [6.45, 7) is 7.48. The molecule has 17 heavy (non-hydrogen) atoms. The van der Waals surface area contributed by atoms with E-state index in [9.17, 15) is 0 Å². The van der Waals surface area contributed by atoms with E-state index in [1.807, 2.05) is 0 Å². The summed E-state index contributed by atoms with van der Waals surface area (Å²) in [7, 11) is 0. The van der Waals surface area contributed by atoms with Crippen molar-refractivity contribution in [2.75, 3.05) is 32.8 Å². The second-order valence-electron chi connectivity index (χ2n) is 5.95. The highest BCUT2D eigenvalue weighted by Crippen LogP contribution is 2.39. The van der Waals surface area contributed by atoms with Crippen LogP contribution in [0.25, 0.3) is 0 Å². The average Bonchev–Trinajstić information content (AvgIpc) is 3.19. The van der Waals surface area contributed by atoms with Gasteiger partial charge in [0, 0.05) is 38.3 Å². The molecule has 0 amide bonds. The summed E-state index contributed by atoms with van der Waals surface area (Å²) < 4.78 is 5.53. The molecule has 0 aromatic carbocycles. The molecule has 2 aliphatic carbocycles. The lowest BCUT2D eigenvalue weighted by Gasteiger charge is -2.41. The summed E-state index contributed by atoms with van der Waals surface area (Å²) in [6.07, 6.45) is 5.80. The van der Waals surface area contributed by atoms with Crippen LogP contribution in [0.1, 0.15) is 32.6 Å². The highest BCUT2D eigenvalue weighted by atomic mass is 16.5. The summed E-state index contributed by atoms with van der Waals surface area (Å²) in [5.41, 5.74) is 0. The molecule has 3 fully saturated rings. The molecule has 1 N–H and O–H groups in total. The molecule has 2 saturated carbocycles. The molecule has 1 aliphatic heterocycles. The highest BCUT2D eigenvalue weighted by Gasteiger charge is 2.42. The Morgan fingerprint density at radius 3 is 2.59 bits per heavy atom. The van der Waals surface area contributed by atoms with Crippen molar-refractivity contribution in [1.29, 1.82) is 0 Å². The van der Waals surface area contributed by atoms with Crippen molar-refractivity contribution in [3.8, 4) is 0 Å². The number of hydrogen-bond acceptors (Lipinski definition) is 3.